The standard InChI is InChI=1S/C7H10O3/c8-5-6(9)7-3-1-2-4-10-7/h5,7H,1-4H2. The highest BCUT2D eigenvalue weighted by Gasteiger charge is 2.20. The van der Waals surface area contributed by atoms with Crippen LogP contribution in [0.15, 0.2) is 0 Å². The Morgan fingerprint density at radius 2 is 2.30 bits per heavy atom. The molecule has 3 heteroatoms. The third-order valence-corrected chi connectivity index (χ3v) is 1.61. The van der Waals surface area contributed by atoms with Crippen LogP contribution < -0.4 is 0 Å². The van der Waals surface area contributed by atoms with Crippen LogP contribution in [-0.4, -0.2) is 24.8 Å². The Balaban J connectivity index is 2.38. The average molecular weight is 142 g/mol. The largest absolute Gasteiger partial charge is 0.370 e. The third kappa shape index (κ3) is 1.64. The van der Waals surface area contributed by atoms with Crippen molar-refractivity contribution in [3.8, 4) is 0 Å². The van der Waals surface area contributed by atoms with Crippen molar-refractivity contribution in [3.05, 3.63) is 0 Å². The van der Waals surface area contributed by atoms with Crippen molar-refractivity contribution in [1.29, 1.82) is 0 Å². The predicted octanol–water partition coefficient (Wildman–Crippen LogP) is 0.323. The fraction of sp³-hybridized carbons (Fsp3) is 0.714. The smallest absolute Gasteiger partial charge is 0.223 e. The molecule has 1 unspecified atom stereocenters. The summed E-state index contributed by atoms with van der Waals surface area (Å²) in [6, 6.07) is 0. The number of hydrogen-bond acceptors (Lipinski definition) is 3. The maximum absolute atomic E-state index is 10.7. The van der Waals surface area contributed by atoms with Gasteiger partial charge in [-0.2, -0.15) is 0 Å². The number of carbonyl (C=O) groups excluding carboxylic acids is 2. The minimum absolute atomic E-state index is 0.343. The summed E-state index contributed by atoms with van der Waals surface area (Å²) < 4.78 is 5.05. The summed E-state index contributed by atoms with van der Waals surface area (Å²) in [5.74, 6) is -0.417. The van der Waals surface area contributed by atoms with Crippen LogP contribution in [-0.2, 0) is 14.3 Å². The normalized spacial score (nSPS) is 25.8. The zero-order chi connectivity index (χ0) is 7.40. The van der Waals surface area contributed by atoms with Gasteiger partial charge in [0.05, 0.1) is 0 Å². The van der Waals surface area contributed by atoms with Gasteiger partial charge in [-0.25, -0.2) is 0 Å². The van der Waals surface area contributed by atoms with Gasteiger partial charge in [-0.3, -0.25) is 9.59 Å². The summed E-state index contributed by atoms with van der Waals surface area (Å²) in [7, 11) is 0. The van der Waals surface area contributed by atoms with Crippen LogP contribution in [0, 0.1) is 0 Å². The lowest BCUT2D eigenvalue weighted by Gasteiger charge is -2.18. The molecule has 1 rings (SSSR count). The summed E-state index contributed by atoms with van der Waals surface area (Å²) in [4.78, 5) is 20.6. The molecule has 3 nitrogen and oxygen atoms in total. The topological polar surface area (TPSA) is 43.4 Å². The van der Waals surface area contributed by atoms with E-state index in [2.05, 4.69) is 0 Å². The second-order valence-electron chi connectivity index (χ2n) is 2.38. The lowest BCUT2D eigenvalue weighted by atomic mass is 10.1. The Hall–Kier alpha value is -0.700. The van der Waals surface area contributed by atoms with Gasteiger partial charge in [-0.1, -0.05) is 0 Å². The van der Waals surface area contributed by atoms with Gasteiger partial charge in [0.15, 0.2) is 6.29 Å². The van der Waals surface area contributed by atoms with E-state index in [1.165, 1.54) is 0 Å². The van der Waals surface area contributed by atoms with Gasteiger partial charge < -0.3 is 4.74 Å². The highest BCUT2D eigenvalue weighted by molar-refractivity contribution is 6.27. The zero-order valence-corrected chi connectivity index (χ0v) is 5.71. The van der Waals surface area contributed by atoms with Gasteiger partial charge in [0, 0.05) is 6.61 Å². The van der Waals surface area contributed by atoms with Gasteiger partial charge in [0.1, 0.15) is 6.10 Å². The predicted molar refractivity (Wildman–Crippen MR) is 34.7 cm³/mol. The second kappa shape index (κ2) is 3.46. The van der Waals surface area contributed by atoms with E-state index in [0.717, 1.165) is 12.8 Å². The number of carbonyl (C=O) groups is 2. The molecule has 0 amide bonds. The molecule has 0 spiro atoms. The van der Waals surface area contributed by atoms with Gasteiger partial charge in [0.25, 0.3) is 0 Å². The van der Waals surface area contributed by atoms with Crippen molar-refractivity contribution in [3.63, 3.8) is 0 Å². The van der Waals surface area contributed by atoms with E-state index in [1.807, 2.05) is 0 Å². The molecule has 0 aromatic heterocycles. The lowest BCUT2D eigenvalue weighted by molar-refractivity contribution is -0.139. The molecular weight excluding hydrogens is 132 g/mol. The van der Waals surface area contributed by atoms with Crippen molar-refractivity contribution < 1.29 is 14.3 Å². The minimum Gasteiger partial charge on any atom is -0.370 e. The van der Waals surface area contributed by atoms with Crippen LogP contribution in [0.3, 0.4) is 0 Å². The van der Waals surface area contributed by atoms with Crippen molar-refractivity contribution >= 4 is 12.1 Å². The summed E-state index contributed by atoms with van der Waals surface area (Å²) in [6.07, 6.45) is 2.60. The number of ketones is 1. The molecule has 0 saturated carbocycles. The van der Waals surface area contributed by atoms with E-state index in [0.29, 0.717) is 19.3 Å². The first-order valence-electron chi connectivity index (χ1n) is 3.45. The zero-order valence-electron chi connectivity index (χ0n) is 5.71. The first kappa shape index (κ1) is 7.41. The maximum atomic E-state index is 10.7. The molecule has 1 atom stereocenters. The van der Waals surface area contributed by atoms with Crippen LogP contribution in [0.4, 0.5) is 0 Å². The molecule has 0 N–H and O–H groups in total. The van der Waals surface area contributed by atoms with Gasteiger partial charge in [-0.15, -0.1) is 0 Å². The highest BCUT2D eigenvalue weighted by atomic mass is 16.5. The number of Topliss-reactive ketones (excluding diaryl/α,β-unsaturated/α-hetero) is 1. The quantitative estimate of drug-likeness (QED) is 0.412. The van der Waals surface area contributed by atoms with Crippen LogP contribution in [0.2, 0.25) is 0 Å². The molecule has 1 saturated heterocycles. The Bertz CT molecular complexity index is 136. The summed E-state index contributed by atoms with van der Waals surface area (Å²) in [6.45, 7) is 0.615. The molecular formula is C7H10O3. The number of rotatable bonds is 2. The second-order valence-corrected chi connectivity index (χ2v) is 2.38. The van der Waals surface area contributed by atoms with E-state index < -0.39 is 11.9 Å². The summed E-state index contributed by atoms with van der Waals surface area (Å²) in [5.41, 5.74) is 0. The van der Waals surface area contributed by atoms with Crippen LogP contribution >= 0.6 is 0 Å². The molecule has 0 aliphatic carbocycles. The van der Waals surface area contributed by atoms with Crippen molar-refractivity contribution in [1.82, 2.24) is 0 Å². The molecule has 1 aliphatic rings. The van der Waals surface area contributed by atoms with Crippen LogP contribution in [0.1, 0.15) is 19.3 Å². The fourth-order valence-corrected chi connectivity index (χ4v) is 1.04. The van der Waals surface area contributed by atoms with E-state index in [1.54, 1.807) is 0 Å². The van der Waals surface area contributed by atoms with Gasteiger partial charge in [0.2, 0.25) is 5.78 Å². The monoisotopic (exact) mass is 142 g/mol. The molecule has 0 aromatic rings. The number of ether oxygens (including phenoxy) is 1. The lowest BCUT2D eigenvalue weighted by Crippen LogP contribution is -2.28. The molecule has 10 heavy (non-hydrogen) atoms. The SMILES string of the molecule is O=CC(=O)C1CCCCO1. The molecule has 1 aliphatic heterocycles. The Morgan fingerprint density at radius 3 is 2.80 bits per heavy atom. The minimum atomic E-state index is -0.439. The maximum Gasteiger partial charge on any atom is 0.223 e. The molecule has 56 valence electrons. The number of hydrogen-bond donors (Lipinski definition) is 0. The Labute approximate surface area is 59.4 Å². The molecule has 1 fully saturated rings. The summed E-state index contributed by atoms with van der Waals surface area (Å²) >= 11 is 0. The van der Waals surface area contributed by atoms with E-state index in [-0.39, 0.29) is 0 Å². The summed E-state index contributed by atoms with van der Waals surface area (Å²) in [5, 5.41) is 0. The Morgan fingerprint density at radius 1 is 1.50 bits per heavy atom. The molecule has 0 bridgehead atoms. The third-order valence-electron chi connectivity index (χ3n) is 1.61. The van der Waals surface area contributed by atoms with Gasteiger partial charge in [-0.05, 0) is 19.3 Å². The molecule has 1 heterocycles. The van der Waals surface area contributed by atoms with Gasteiger partial charge >= 0.3 is 0 Å². The van der Waals surface area contributed by atoms with Crippen LogP contribution in [0.5, 0.6) is 0 Å². The van der Waals surface area contributed by atoms with E-state index >= 15 is 0 Å². The number of aldehydes is 1. The van der Waals surface area contributed by atoms with E-state index in [4.69, 9.17) is 4.74 Å². The van der Waals surface area contributed by atoms with Crippen LogP contribution in [0.25, 0.3) is 0 Å². The molecule has 0 aromatic carbocycles. The van der Waals surface area contributed by atoms with Crippen molar-refractivity contribution in [2.75, 3.05) is 6.61 Å². The average Bonchev–Trinajstić information content (AvgIpc) is 2.05. The fourth-order valence-electron chi connectivity index (χ4n) is 1.04. The molecule has 0 radical (unpaired) electrons. The van der Waals surface area contributed by atoms with E-state index in [9.17, 15) is 9.59 Å². The first-order chi connectivity index (χ1) is 4.84. The Kier molecular flexibility index (Phi) is 2.57. The highest BCUT2D eigenvalue weighted by Crippen LogP contribution is 2.12. The van der Waals surface area contributed by atoms with Crippen molar-refractivity contribution in [2.45, 2.75) is 25.4 Å². The first-order valence-corrected chi connectivity index (χ1v) is 3.45. The van der Waals surface area contributed by atoms with Crippen molar-refractivity contribution in [2.24, 2.45) is 0 Å².